The van der Waals surface area contributed by atoms with Crippen molar-refractivity contribution in [3.8, 4) is 5.75 Å². The number of anilines is 1. The van der Waals surface area contributed by atoms with Gasteiger partial charge in [-0.2, -0.15) is 0 Å². The normalized spacial score (nSPS) is 10.6. The molecule has 6 heteroatoms. The number of rotatable bonds is 5. The lowest BCUT2D eigenvalue weighted by Gasteiger charge is -2.03. The summed E-state index contributed by atoms with van der Waals surface area (Å²) in [6.45, 7) is 0. The topological polar surface area (TPSA) is 55.4 Å². The minimum absolute atomic E-state index is 0.0441. The van der Waals surface area contributed by atoms with E-state index in [1.165, 1.54) is 7.11 Å². The molecule has 118 valence electrons. The van der Waals surface area contributed by atoms with Gasteiger partial charge in [-0.1, -0.05) is 0 Å². The van der Waals surface area contributed by atoms with Crippen molar-refractivity contribution in [3.05, 3.63) is 71.8 Å². The third-order valence-electron chi connectivity index (χ3n) is 2.95. The van der Waals surface area contributed by atoms with Gasteiger partial charge < -0.3 is 10.1 Å². The van der Waals surface area contributed by atoms with Gasteiger partial charge in [-0.3, -0.25) is 9.59 Å². The van der Waals surface area contributed by atoms with E-state index in [9.17, 15) is 18.4 Å². The second-order valence-corrected chi connectivity index (χ2v) is 4.54. The van der Waals surface area contributed by atoms with Gasteiger partial charge in [0.1, 0.15) is 5.75 Å². The van der Waals surface area contributed by atoms with Crippen LogP contribution in [0.25, 0.3) is 0 Å². The van der Waals surface area contributed by atoms with Crippen molar-refractivity contribution < 1.29 is 23.1 Å². The first-order valence-electron chi connectivity index (χ1n) is 6.62. The van der Waals surface area contributed by atoms with Crippen LogP contribution in [0.4, 0.5) is 14.5 Å². The Balaban J connectivity index is 1.99. The zero-order valence-electron chi connectivity index (χ0n) is 12.2. The van der Waals surface area contributed by atoms with Gasteiger partial charge in [-0.15, -0.1) is 0 Å². The number of nitrogens with one attached hydrogen (secondary N) is 1. The van der Waals surface area contributed by atoms with Crippen LogP contribution >= 0.6 is 0 Å². The van der Waals surface area contributed by atoms with Crippen LogP contribution in [0.15, 0.2) is 54.6 Å². The van der Waals surface area contributed by atoms with Crippen LogP contribution in [0.3, 0.4) is 0 Å². The monoisotopic (exact) mass is 317 g/mol. The predicted octanol–water partition coefficient (Wildman–Crippen LogP) is 3.35. The first-order chi connectivity index (χ1) is 11.0. The number of allylic oxidation sites excluding steroid dienone is 1. The Morgan fingerprint density at radius 2 is 1.70 bits per heavy atom. The fourth-order valence-corrected chi connectivity index (χ4v) is 1.76. The highest BCUT2D eigenvalue weighted by molar-refractivity contribution is 6.09. The number of carbonyl (C=O) groups excluding carboxylic acids is 2. The number of hydrogen-bond acceptors (Lipinski definition) is 3. The molecule has 0 saturated heterocycles. The van der Waals surface area contributed by atoms with Crippen LogP contribution in [0, 0.1) is 11.6 Å². The highest BCUT2D eigenvalue weighted by Gasteiger charge is 2.08. The average Bonchev–Trinajstić information content (AvgIpc) is 2.56. The lowest BCUT2D eigenvalue weighted by molar-refractivity contribution is -0.111. The molecule has 0 aliphatic rings. The molecule has 0 bridgehead atoms. The molecule has 2 aromatic carbocycles. The SMILES string of the molecule is COc1ccc(NC(=O)/C=C/C(=O)c2ccc(F)c(F)c2)cc1. The van der Waals surface area contributed by atoms with E-state index in [0.717, 1.165) is 30.4 Å². The van der Waals surface area contributed by atoms with E-state index < -0.39 is 23.3 Å². The molecule has 0 spiro atoms. The zero-order chi connectivity index (χ0) is 16.8. The number of amides is 1. The van der Waals surface area contributed by atoms with Gasteiger partial charge in [0, 0.05) is 17.3 Å². The summed E-state index contributed by atoms with van der Waals surface area (Å²) < 4.78 is 30.8. The number of ketones is 1. The Bertz CT molecular complexity index is 755. The molecule has 0 aromatic heterocycles. The van der Waals surface area contributed by atoms with Crippen LogP contribution in [0.2, 0.25) is 0 Å². The zero-order valence-corrected chi connectivity index (χ0v) is 12.2. The van der Waals surface area contributed by atoms with Crippen LogP contribution in [0.1, 0.15) is 10.4 Å². The summed E-state index contributed by atoms with van der Waals surface area (Å²) in [5.41, 5.74) is 0.484. The van der Waals surface area contributed by atoms with Crippen molar-refractivity contribution in [1.82, 2.24) is 0 Å². The van der Waals surface area contributed by atoms with E-state index in [-0.39, 0.29) is 5.56 Å². The highest BCUT2D eigenvalue weighted by atomic mass is 19.2. The summed E-state index contributed by atoms with van der Waals surface area (Å²) in [5.74, 6) is -2.64. The number of carbonyl (C=O) groups is 2. The molecule has 0 aliphatic heterocycles. The molecule has 0 atom stereocenters. The third kappa shape index (κ3) is 4.47. The summed E-state index contributed by atoms with van der Waals surface area (Å²) in [7, 11) is 1.53. The maximum atomic E-state index is 13.0. The molecular weight excluding hydrogens is 304 g/mol. The van der Waals surface area contributed by atoms with Crippen molar-refractivity contribution in [2.24, 2.45) is 0 Å². The Hall–Kier alpha value is -3.02. The molecule has 2 aromatic rings. The van der Waals surface area contributed by atoms with Gasteiger partial charge in [0.2, 0.25) is 5.91 Å². The number of hydrogen-bond donors (Lipinski definition) is 1. The highest BCUT2D eigenvalue weighted by Crippen LogP contribution is 2.15. The largest absolute Gasteiger partial charge is 0.497 e. The first kappa shape index (κ1) is 16.4. The van der Waals surface area contributed by atoms with E-state index in [1.807, 2.05) is 0 Å². The van der Waals surface area contributed by atoms with E-state index >= 15 is 0 Å². The summed E-state index contributed by atoms with van der Waals surface area (Å²) in [6.07, 6.45) is 2.01. The van der Waals surface area contributed by atoms with Crippen LogP contribution in [-0.2, 0) is 4.79 Å². The van der Waals surface area contributed by atoms with Crippen molar-refractivity contribution in [3.63, 3.8) is 0 Å². The molecule has 0 unspecified atom stereocenters. The average molecular weight is 317 g/mol. The molecule has 0 radical (unpaired) electrons. The van der Waals surface area contributed by atoms with Crippen molar-refractivity contribution >= 4 is 17.4 Å². The second-order valence-electron chi connectivity index (χ2n) is 4.54. The Labute approximate surface area is 131 Å². The molecule has 1 amide bonds. The van der Waals surface area contributed by atoms with E-state index in [1.54, 1.807) is 24.3 Å². The summed E-state index contributed by atoms with van der Waals surface area (Å²) in [5, 5.41) is 2.55. The van der Waals surface area contributed by atoms with Gasteiger partial charge >= 0.3 is 0 Å². The van der Waals surface area contributed by atoms with Crippen molar-refractivity contribution in [2.45, 2.75) is 0 Å². The molecule has 0 saturated carbocycles. The van der Waals surface area contributed by atoms with E-state index in [4.69, 9.17) is 4.74 Å². The van der Waals surface area contributed by atoms with Gasteiger partial charge in [0.25, 0.3) is 0 Å². The van der Waals surface area contributed by atoms with E-state index in [2.05, 4.69) is 5.32 Å². The van der Waals surface area contributed by atoms with E-state index in [0.29, 0.717) is 11.4 Å². The smallest absolute Gasteiger partial charge is 0.248 e. The molecule has 2 rings (SSSR count). The number of benzene rings is 2. The standard InChI is InChI=1S/C17H13F2NO3/c1-23-13-5-3-12(4-6-13)20-17(22)9-8-16(21)11-2-7-14(18)15(19)10-11/h2-10H,1H3,(H,20,22)/b9-8+. The third-order valence-corrected chi connectivity index (χ3v) is 2.95. The number of methoxy groups -OCH3 is 1. The maximum Gasteiger partial charge on any atom is 0.248 e. The fraction of sp³-hybridized carbons (Fsp3) is 0.0588. The van der Waals surface area contributed by atoms with Crippen LogP contribution < -0.4 is 10.1 Å². The number of halogens is 2. The summed E-state index contributed by atoms with van der Waals surface area (Å²) in [4.78, 5) is 23.5. The van der Waals surface area contributed by atoms with Gasteiger partial charge in [-0.25, -0.2) is 8.78 Å². The molecule has 0 aliphatic carbocycles. The van der Waals surface area contributed by atoms with Crippen LogP contribution in [0.5, 0.6) is 5.75 Å². The van der Waals surface area contributed by atoms with Crippen molar-refractivity contribution in [2.75, 3.05) is 12.4 Å². The first-order valence-corrected chi connectivity index (χ1v) is 6.62. The lowest BCUT2D eigenvalue weighted by Crippen LogP contribution is -2.08. The van der Waals surface area contributed by atoms with Gasteiger partial charge in [0.15, 0.2) is 17.4 Å². The summed E-state index contributed by atoms with van der Waals surface area (Å²) >= 11 is 0. The minimum Gasteiger partial charge on any atom is -0.497 e. The quantitative estimate of drug-likeness (QED) is 0.679. The predicted molar refractivity (Wildman–Crippen MR) is 81.5 cm³/mol. The molecular formula is C17H13F2NO3. The molecule has 0 heterocycles. The molecule has 4 nitrogen and oxygen atoms in total. The molecule has 1 N–H and O–H groups in total. The Morgan fingerprint density at radius 3 is 2.30 bits per heavy atom. The lowest BCUT2D eigenvalue weighted by atomic mass is 10.1. The second kappa shape index (κ2) is 7.31. The van der Waals surface area contributed by atoms with Crippen LogP contribution in [-0.4, -0.2) is 18.8 Å². The van der Waals surface area contributed by atoms with Gasteiger partial charge in [-0.05, 0) is 48.5 Å². The Morgan fingerprint density at radius 1 is 1.00 bits per heavy atom. The summed E-state index contributed by atoms with van der Waals surface area (Å²) in [6, 6.07) is 9.41. The molecule has 23 heavy (non-hydrogen) atoms. The fourth-order valence-electron chi connectivity index (χ4n) is 1.76. The number of ether oxygens (including phenoxy) is 1. The minimum atomic E-state index is -1.12. The maximum absolute atomic E-state index is 13.0. The molecule has 0 fully saturated rings. The van der Waals surface area contributed by atoms with Crippen molar-refractivity contribution in [1.29, 1.82) is 0 Å². The van der Waals surface area contributed by atoms with Gasteiger partial charge in [0.05, 0.1) is 7.11 Å². The Kier molecular flexibility index (Phi) is 5.19.